The number of rotatable bonds is 4. The summed E-state index contributed by atoms with van der Waals surface area (Å²) in [7, 11) is 0. The summed E-state index contributed by atoms with van der Waals surface area (Å²) in [6, 6.07) is 7.39. The molecule has 0 aliphatic carbocycles. The van der Waals surface area contributed by atoms with Gasteiger partial charge in [0.25, 0.3) is 0 Å². The molecule has 3 rings (SSSR count). The smallest absolute Gasteiger partial charge is 0.332 e. The summed E-state index contributed by atoms with van der Waals surface area (Å²) in [5, 5.41) is 12.8. The Kier molecular flexibility index (Phi) is 4.09. The first-order valence-electron chi connectivity index (χ1n) is 7.64. The summed E-state index contributed by atoms with van der Waals surface area (Å²) in [6.45, 7) is 3.79. The number of hydrogen-bond acceptors (Lipinski definition) is 4. The van der Waals surface area contributed by atoms with Gasteiger partial charge >= 0.3 is 5.97 Å². The molecule has 122 valence electrons. The van der Waals surface area contributed by atoms with E-state index in [0.717, 1.165) is 16.5 Å². The Morgan fingerprint density at radius 3 is 2.61 bits per heavy atom. The van der Waals surface area contributed by atoms with Gasteiger partial charge in [-0.1, -0.05) is 18.2 Å². The van der Waals surface area contributed by atoms with E-state index in [9.17, 15) is 9.59 Å². The number of para-hydroxylation sites is 1. The highest BCUT2D eigenvalue weighted by atomic mass is 16.5. The van der Waals surface area contributed by atoms with Crippen LogP contribution in [0.5, 0.6) is 0 Å². The second kappa shape index (κ2) is 6.04. The first-order chi connectivity index (χ1) is 11.0. The first kappa shape index (κ1) is 15.6. The van der Waals surface area contributed by atoms with Crippen LogP contribution in [0.1, 0.15) is 37.1 Å². The molecule has 1 unspecified atom stereocenters. The van der Waals surface area contributed by atoms with E-state index in [4.69, 9.17) is 14.3 Å². The Bertz CT molecular complexity index is 751. The monoisotopic (exact) mass is 317 g/mol. The number of furan rings is 1. The van der Waals surface area contributed by atoms with Gasteiger partial charge in [0.15, 0.2) is 6.10 Å². The predicted molar refractivity (Wildman–Crippen MR) is 83.0 cm³/mol. The molecule has 1 aliphatic rings. The van der Waals surface area contributed by atoms with Gasteiger partial charge in [0, 0.05) is 10.9 Å². The topological polar surface area (TPSA) is 88.8 Å². The second-order valence-electron chi connectivity index (χ2n) is 5.85. The van der Waals surface area contributed by atoms with E-state index in [-0.39, 0.29) is 11.9 Å². The van der Waals surface area contributed by atoms with Gasteiger partial charge in [-0.2, -0.15) is 0 Å². The van der Waals surface area contributed by atoms with E-state index in [0.29, 0.717) is 18.6 Å². The number of aryl methyl sites for hydroxylation is 1. The molecular formula is C17H19NO5. The molecule has 0 spiro atoms. The van der Waals surface area contributed by atoms with Crippen LogP contribution in [-0.4, -0.2) is 29.2 Å². The maximum absolute atomic E-state index is 12.3. The fourth-order valence-electron chi connectivity index (χ4n) is 2.99. The highest BCUT2D eigenvalue weighted by Crippen LogP contribution is 2.29. The Hall–Kier alpha value is -2.34. The third-order valence-electron chi connectivity index (χ3n) is 4.22. The molecule has 1 aliphatic heterocycles. The van der Waals surface area contributed by atoms with Crippen molar-refractivity contribution in [2.45, 2.75) is 44.9 Å². The maximum atomic E-state index is 12.3. The van der Waals surface area contributed by atoms with Crippen LogP contribution in [0, 0.1) is 6.92 Å². The number of carboxylic acid groups (broad SMARTS) is 1. The molecule has 6 nitrogen and oxygen atoms in total. The van der Waals surface area contributed by atoms with Gasteiger partial charge in [0.2, 0.25) is 5.91 Å². The number of carbonyl (C=O) groups is 2. The summed E-state index contributed by atoms with van der Waals surface area (Å²) in [6.07, 6.45) is -0.850. The number of fused-ring (bicyclic) bond motifs is 1. The Morgan fingerprint density at radius 2 is 1.96 bits per heavy atom. The number of carbonyl (C=O) groups excluding carboxylic acids is 1. The van der Waals surface area contributed by atoms with Crippen LogP contribution in [0.25, 0.3) is 11.0 Å². The average molecular weight is 317 g/mol. The zero-order valence-electron chi connectivity index (χ0n) is 13.0. The van der Waals surface area contributed by atoms with Crippen LogP contribution < -0.4 is 5.32 Å². The van der Waals surface area contributed by atoms with Crippen LogP contribution in [0.15, 0.2) is 28.7 Å². The van der Waals surface area contributed by atoms with Crippen molar-refractivity contribution in [3.8, 4) is 0 Å². The fraction of sp³-hybridized carbons (Fsp3) is 0.412. The van der Waals surface area contributed by atoms with E-state index in [1.165, 1.54) is 0 Å². The van der Waals surface area contributed by atoms with Crippen molar-refractivity contribution in [2.75, 3.05) is 0 Å². The number of nitrogens with one attached hydrogen (secondary N) is 1. The largest absolute Gasteiger partial charge is 0.479 e. The molecule has 0 bridgehead atoms. The highest BCUT2D eigenvalue weighted by molar-refractivity contribution is 5.84. The number of amides is 1. The Labute approximate surface area is 133 Å². The minimum absolute atomic E-state index is 0.305. The van der Waals surface area contributed by atoms with E-state index in [2.05, 4.69) is 5.32 Å². The standard InChI is InChI=1S/C17H19NO5/c1-9-11-5-3-4-6-12(11)23-15(9)10(2)18-16(19)13-7-8-14(22-13)17(20)21/h3-6,10,13-14H,7-8H2,1-2H3,(H,18,19)(H,20,21)/t10?,13-,14+/m0/s1. The van der Waals surface area contributed by atoms with Crippen molar-refractivity contribution in [3.63, 3.8) is 0 Å². The first-order valence-corrected chi connectivity index (χ1v) is 7.64. The van der Waals surface area contributed by atoms with Gasteiger partial charge in [-0.25, -0.2) is 4.79 Å². The summed E-state index contributed by atoms with van der Waals surface area (Å²) in [4.78, 5) is 23.1. The molecule has 3 atom stereocenters. The molecule has 1 aromatic heterocycles. The number of ether oxygens (including phenoxy) is 1. The van der Waals surface area contributed by atoms with Gasteiger partial charge in [-0.3, -0.25) is 4.79 Å². The van der Waals surface area contributed by atoms with Crippen LogP contribution in [0.4, 0.5) is 0 Å². The number of carboxylic acids is 1. The van der Waals surface area contributed by atoms with Crippen molar-refractivity contribution in [2.24, 2.45) is 0 Å². The van der Waals surface area contributed by atoms with Crippen molar-refractivity contribution in [1.29, 1.82) is 0 Å². The molecule has 0 saturated carbocycles. The second-order valence-corrected chi connectivity index (χ2v) is 5.85. The minimum atomic E-state index is -1.03. The van der Waals surface area contributed by atoms with Gasteiger partial charge in [-0.15, -0.1) is 0 Å². The molecular weight excluding hydrogens is 298 g/mol. The molecule has 23 heavy (non-hydrogen) atoms. The van der Waals surface area contributed by atoms with Gasteiger partial charge in [-0.05, 0) is 32.8 Å². The summed E-state index contributed by atoms with van der Waals surface area (Å²) in [5.74, 6) is -0.630. The molecule has 2 N–H and O–H groups in total. The zero-order valence-corrected chi connectivity index (χ0v) is 13.0. The van der Waals surface area contributed by atoms with Crippen LogP contribution in [-0.2, 0) is 14.3 Å². The van der Waals surface area contributed by atoms with Crippen LogP contribution in [0.2, 0.25) is 0 Å². The average Bonchev–Trinajstić information content (AvgIpc) is 3.13. The lowest BCUT2D eigenvalue weighted by Crippen LogP contribution is -2.37. The Morgan fingerprint density at radius 1 is 1.26 bits per heavy atom. The SMILES string of the molecule is Cc1c(C(C)NC(=O)[C@@H]2CC[C@H](C(=O)O)O2)oc2ccccc12. The third-order valence-corrected chi connectivity index (χ3v) is 4.22. The molecule has 6 heteroatoms. The molecule has 0 radical (unpaired) electrons. The van der Waals surface area contributed by atoms with E-state index >= 15 is 0 Å². The van der Waals surface area contributed by atoms with Crippen molar-refractivity contribution in [3.05, 3.63) is 35.6 Å². The highest BCUT2D eigenvalue weighted by Gasteiger charge is 2.35. The lowest BCUT2D eigenvalue weighted by molar-refractivity contribution is -0.151. The van der Waals surface area contributed by atoms with E-state index in [1.807, 2.05) is 38.1 Å². The quantitative estimate of drug-likeness (QED) is 0.904. The molecule has 2 aromatic rings. The van der Waals surface area contributed by atoms with Gasteiger partial charge in [0.1, 0.15) is 17.4 Å². The zero-order chi connectivity index (χ0) is 16.6. The number of hydrogen-bond donors (Lipinski definition) is 2. The normalized spacial score (nSPS) is 22.2. The lowest BCUT2D eigenvalue weighted by Gasteiger charge is -2.16. The van der Waals surface area contributed by atoms with Gasteiger partial charge in [0.05, 0.1) is 6.04 Å². The minimum Gasteiger partial charge on any atom is -0.479 e. The molecule has 1 saturated heterocycles. The van der Waals surface area contributed by atoms with Crippen molar-refractivity contribution >= 4 is 22.8 Å². The predicted octanol–water partition coefficient (Wildman–Crippen LogP) is 2.55. The number of benzene rings is 1. The van der Waals surface area contributed by atoms with Crippen LogP contribution in [0.3, 0.4) is 0 Å². The number of aliphatic carboxylic acids is 1. The summed E-state index contributed by atoms with van der Waals surface area (Å²) in [5.41, 5.74) is 1.77. The molecule has 1 amide bonds. The summed E-state index contributed by atoms with van der Waals surface area (Å²) >= 11 is 0. The Balaban J connectivity index is 1.71. The molecule has 1 aromatic carbocycles. The van der Waals surface area contributed by atoms with Crippen molar-refractivity contribution < 1.29 is 23.8 Å². The summed E-state index contributed by atoms with van der Waals surface area (Å²) < 4.78 is 11.1. The lowest BCUT2D eigenvalue weighted by atomic mass is 10.1. The van der Waals surface area contributed by atoms with E-state index < -0.39 is 18.2 Å². The molecule has 2 heterocycles. The van der Waals surface area contributed by atoms with E-state index in [1.54, 1.807) is 0 Å². The van der Waals surface area contributed by atoms with Crippen molar-refractivity contribution in [1.82, 2.24) is 5.32 Å². The van der Waals surface area contributed by atoms with Crippen LogP contribution >= 0.6 is 0 Å². The van der Waals surface area contributed by atoms with Gasteiger partial charge < -0.3 is 19.6 Å². The molecule has 1 fully saturated rings. The third kappa shape index (κ3) is 2.94. The maximum Gasteiger partial charge on any atom is 0.332 e. The fourth-order valence-corrected chi connectivity index (χ4v) is 2.99.